The average Bonchev–Trinajstić information content (AvgIpc) is 2.87. The molecule has 0 unspecified atom stereocenters. The van der Waals surface area contributed by atoms with Gasteiger partial charge < -0.3 is 14.7 Å². The lowest BCUT2D eigenvalue weighted by atomic mass is 9.99. The summed E-state index contributed by atoms with van der Waals surface area (Å²) in [4.78, 5) is 25.0. The zero-order valence-electron chi connectivity index (χ0n) is 12.7. The standard InChI is InChI=1S/C16H20BrNO4/c1-10-8-18(9-12(10)16(20)21)15(19)6-4-11-3-5-14(22-2)13(17)7-11/h3,5,7,10,12H,4,6,8-9H2,1-2H3,(H,20,21)/t10-,12-/m1/s1. The SMILES string of the molecule is COc1ccc(CCC(=O)N2C[C@@H](C)[C@H](C(=O)O)C2)cc1Br. The first-order valence-electron chi connectivity index (χ1n) is 7.25. The number of amides is 1. The molecule has 0 aromatic heterocycles. The van der Waals surface area contributed by atoms with Crippen molar-refractivity contribution < 1.29 is 19.4 Å². The molecule has 1 fully saturated rings. The number of aliphatic carboxylic acids is 1. The summed E-state index contributed by atoms with van der Waals surface area (Å²) in [5.41, 5.74) is 1.04. The summed E-state index contributed by atoms with van der Waals surface area (Å²) in [6.45, 7) is 2.73. The topological polar surface area (TPSA) is 66.8 Å². The van der Waals surface area contributed by atoms with E-state index < -0.39 is 11.9 Å². The maximum Gasteiger partial charge on any atom is 0.308 e. The number of methoxy groups -OCH3 is 1. The number of aryl methyl sites for hydroxylation is 1. The summed E-state index contributed by atoms with van der Waals surface area (Å²) in [5, 5.41) is 9.12. The number of ether oxygens (including phenoxy) is 1. The van der Waals surface area contributed by atoms with Crippen LogP contribution in [0.4, 0.5) is 0 Å². The van der Waals surface area contributed by atoms with E-state index in [0.717, 1.165) is 15.8 Å². The van der Waals surface area contributed by atoms with E-state index in [0.29, 0.717) is 25.9 Å². The lowest BCUT2D eigenvalue weighted by Gasteiger charge is -2.16. The van der Waals surface area contributed by atoms with Crippen molar-refractivity contribution in [3.63, 3.8) is 0 Å². The highest BCUT2D eigenvalue weighted by atomic mass is 79.9. The molecule has 2 atom stereocenters. The van der Waals surface area contributed by atoms with Crippen LogP contribution in [0.1, 0.15) is 18.9 Å². The first-order chi connectivity index (χ1) is 10.4. The Morgan fingerprint density at radius 2 is 2.14 bits per heavy atom. The third-order valence-corrected chi connectivity index (χ3v) is 4.75. The summed E-state index contributed by atoms with van der Waals surface area (Å²) < 4.78 is 6.04. The molecule has 1 aliphatic heterocycles. The van der Waals surface area contributed by atoms with Gasteiger partial charge in [0.1, 0.15) is 5.75 Å². The van der Waals surface area contributed by atoms with E-state index in [1.807, 2.05) is 25.1 Å². The van der Waals surface area contributed by atoms with Crippen LogP contribution in [0.3, 0.4) is 0 Å². The third kappa shape index (κ3) is 3.80. The van der Waals surface area contributed by atoms with E-state index in [1.54, 1.807) is 12.0 Å². The van der Waals surface area contributed by atoms with Gasteiger partial charge in [0.2, 0.25) is 5.91 Å². The molecule has 1 aromatic carbocycles. The number of carbonyl (C=O) groups is 2. The smallest absolute Gasteiger partial charge is 0.308 e. The first kappa shape index (κ1) is 16.8. The van der Waals surface area contributed by atoms with E-state index in [4.69, 9.17) is 9.84 Å². The molecule has 22 heavy (non-hydrogen) atoms. The number of hydrogen-bond donors (Lipinski definition) is 1. The molecule has 1 heterocycles. The van der Waals surface area contributed by atoms with Gasteiger partial charge in [-0.3, -0.25) is 9.59 Å². The highest BCUT2D eigenvalue weighted by molar-refractivity contribution is 9.10. The Hall–Kier alpha value is -1.56. The molecule has 1 amide bonds. The van der Waals surface area contributed by atoms with Gasteiger partial charge in [-0.05, 0) is 46.0 Å². The minimum Gasteiger partial charge on any atom is -0.496 e. The Morgan fingerprint density at radius 1 is 1.41 bits per heavy atom. The van der Waals surface area contributed by atoms with Crippen molar-refractivity contribution in [3.8, 4) is 5.75 Å². The molecule has 120 valence electrons. The Kier molecular flexibility index (Phi) is 5.45. The molecule has 6 heteroatoms. The van der Waals surface area contributed by atoms with E-state index >= 15 is 0 Å². The molecule has 5 nitrogen and oxygen atoms in total. The van der Waals surface area contributed by atoms with Gasteiger partial charge in [-0.2, -0.15) is 0 Å². The second kappa shape index (κ2) is 7.13. The van der Waals surface area contributed by atoms with Gasteiger partial charge in [-0.1, -0.05) is 13.0 Å². The lowest BCUT2D eigenvalue weighted by Crippen LogP contribution is -2.30. The lowest BCUT2D eigenvalue weighted by molar-refractivity contribution is -0.142. The molecule has 1 aliphatic rings. The van der Waals surface area contributed by atoms with Crippen LogP contribution in [-0.2, 0) is 16.0 Å². The Labute approximate surface area is 138 Å². The van der Waals surface area contributed by atoms with Gasteiger partial charge in [-0.15, -0.1) is 0 Å². The quantitative estimate of drug-likeness (QED) is 0.865. The van der Waals surface area contributed by atoms with Crippen LogP contribution >= 0.6 is 15.9 Å². The van der Waals surface area contributed by atoms with Crippen LogP contribution in [0.25, 0.3) is 0 Å². The Balaban J connectivity index is 1.91. The van der Waals surface area contributed by atoms with E-state index in [9.17, 15) is 9.59 Å². The van der Waals surface area contributed by atoms with Crippen LogP contribution in [0.2, 0.25) is 0 Å². The molecule has 2 rings (SSSR count). The van der Waals surface area contributed by atoms with E-state index in [2.05, 4.69) is 15.9 Å². The number of rotatable bonds is 5. The van der Waals surface area contributed by atoms with Crippen LogP contribution in [0, 0.1) is 11.8 Å². The van der Waals surface area contributed by atoms with E-state index in [-0.39, 0.29) is 11.8 Å². The number of carbonyl (C=O) groups excluding carboxylic acids is 1. The number of likely N-dealkylation sites (tertiary alicyclic amines) is 1. The fourth-order valence-electron chi connectivity index (χ4n) is 2.77. The molecule has 0 bridgehead atoms. The molecular weight excluding hydrogens is 350 g/mol. The number of halogens is 1. The molecule has 0 aliphatic carbocycles. The number of nitrogens with zero attached hydrogens (tertiary/aromatic N) is 1. The number of hydrogen-bond acceptors (Lipinski definition) is 3. The minimum absolute atomic E-state index is 0.0107. The zero-order chi connectivity index (χ0) is 16.3. The van der Waals surface area contributed by atoms with Crippen LogP contribution in [0.15, 0.2) is 22.7 Å². The Morgan fingerprint density at radius 3 is 2.68 bits per heavy atom. The Bertz CT molecular complexity index is 575. The van der Waals surface area contributed by atoms with Crippen LogP contribution < -0.4 is 4.74 Å². The average molecular weight is 370 g/mol. The summed E-state index contributed by atoms with van der Waals surface area (Å²) in [7, 11) is 1.61. The fraction of sp³-hybridized carbons (Fsp3) is 0.500. The fourth-order valence-corrected chi connectivity index (χ4v) is 3.35. The predicted octanol–water partition coefficient (Wildman–Crippen LogP) is 2.57. The van der Waals surface area contributed by atoms with Crippen molar-refractivity contribution in [1.82, 2.24) is 4.90 Å². The normalized spacial score (nSPS) is 21.0. The second-order valence-electron chi connectivity index (χ2n) is 5.69. The van der Waals surface area contributed by atoms with Crippen molar-refractivity contribution in [2.45, 2.75) is 19.8 Å². The molecule has 0 radical (unpaired) electrons. The predicted molar refractivity (Wildman–Crippen MR) is 85.9 cm³/mol. The van der Waals surface area contributed by atoms with Crippen LogP contribution in [0.5, 0.6) is 5.75 Å². The minimum atomic E-state index is -0.818. The van der Waals surface area contributed by atoms with Crippen LogP contribution in [-0.4, -0.2) is 42.1 Å². The first-order valence-corrected chi connectivity index (χ1v) is 8.04. The maximum atomic E-state index is 12.2. The van der Waals surface area contributed by atoms with Crippen molar-refractivity contribution in [3.05, 3.63) is 28.2 Å². The third-order valence-electron chi connectivity index (χ3n) is 4.13. The second-order valence-corrected chi connectivity index (χ2v) is 6.54. The van der Waals surface area contributed by atoms with Crippen molar-refractivity contribution in [2.24, 2.45) is 11.8 Å². The summed E-state index contributed by atoms with van der Waals surface area (Å²) >= 11 is 3.43. The highest BCUT2D eigenvalue weighted by Crippen LogP contribution is 2.27. The van der Waals surface area contributed by atoms with Gasteiger partial charge in [0.05, 0.1) is 17.5 Å². The van der Waals surface area contributed by atoms with Gasteiger partial charge in [-0.25, -0.2) is 0 Å². The molecule has 0 spiro atoms. The number of benzene rings is 1. The highest BCUT2D eigenvalue weighted by Gasteiger charge is 2.36. The van der Waals surface area contributed by atoms with Crippen molar-refractivity contribution >= 4 is 27.8 Å². The summed E-state index contributed by atoms with van der Waals surface area (Å²) in [6, 6.07) is 5.74. The summed E-state index contributed by atoms with van der Waals surface area (Å²) in [6.07, 6.45) is 1.02. The largest absolute Gasteiger partial charge is 0.496 e. The van der Waals surface area contributed by atoms with E-state index in [1.165, 1.54) is 0 Å². The van der Waals surface area contributed by atoms with Gasteiger partial charge in [0.25, 0.3) is 0 Å². The summed E-state index contributed by atoms with van der Waals surface area (Å²) in [5.74, 6) is -0.479. The van der Waals surface area contributed by atoms with Gasteiger partial charge >= 0.3 is 5.97 Å². The molecule has 1 aromatic rings. The molecular formula is C16H20BrNO4. The molecule has 1 saturated heterocycles. The van der Waals surface area contributed by atoms with Gasteiger partial charge in [0, 0.05) is 19.5 Å². The van der Waals surface area contributed by atoms with Gasteiger partial charge in [0.15, 0.2) is 0 Å². The molecule has 0 saturated carbocycles. The zero-order valence-corrected chi connectivity index (χ0v) is 14.3. The monoisotopic (exact) mass is 369 g/mol. The number of carboxylic acid groups (broad SMARTS) is 1. The maximum absolute atomic E-state index is 12.2. The molecule has 1 N–H and O–H groups in total. The van der Waals surface area contributed by atoms with Crippen molar-refractivity contribution in [2.75, 3.05) is 20.2 Å². The van der Waals surface area contributed by atoms with Crippen molar-refractivity contribution in [1.29, 1.82) is 0 Å². The number of carboxylic acids is 1.